The molecular weight excluding hydrogens is 228 g/mol. The van der Waals surface area contributed by atoms with Crippen LogP contribution in [0.15, 0.2) is 30.3 Å². The first-order valence-electron chi connectivity index (χ1n) is 6.27. The van der Waals surface area contributed by atoms with Crippen molar-refractivity contribution in [2.24, 2.45) is 5.92 Å². The first kappa shape index (κ1) is 14.4. The quantitative estimate of drug-likeness (QED) is 0.727. The van der Waals surface area contributed by atoms with Crippen LogP contribution in [-0.4, -0.2) is 18.4 Å². The van der Waals surface area contributed by atoms with E-state index >= 15 is 0 Å². The maximum Gasteiger partial charge on any atom is 0.309 e. The second-order valence-corrected chi connectivity index (χ2v) is 4.46. The van der Waals surface area contributed by atoms with E-state index in [9.17, 15) is 9.59 Å². The van der Waals surface area contributed by atoms with Crippen molar-refractivity contribution < 1.29 is 14.3 Å². The number of Topliss-reactive ketones (excluding diaryl/α,β-unsaturated/α-hetero) is 1. The Morgan fingerprint density at radius 1 is 1.22 bits per heavy atom. The lowest BCUT2D eigenvalue weighted by atomic mass is 9.83. The van der Waals surface area contributed by atoms with Crippen LogP contribution in [0.4, 0.5) is 0 Å². The summed E-state index contributed by atoms with van der Waals surface area (Å²) in [6.07, 6.45) is 0.365. The van der Waals surface area contributed by atoms with Crippen LogP contribution in [0.2, 0.25) is 0 Å². The fraction of sp³-hybridized carbons (Fsp3) is 0.467. The maximum atomic E-state index is 11.8. The van der Waals surface area contributed by atoms with E-state index in [4.69, 9.17) is 4.74 Å². The molecule has 18 heavy (non-hydrogen) atoms. The van der Waals surface area contributed by atoms with Crippen LogP contribution in [0.5, 0.6) is 0 Å². The van der Waals surface area contributed by atoms with Gasteiger partial charge >= 0.3 is 5.97 Å². The van der Waals surface area contributed by atoms with E-state index in [0.717, 1.165) is 5.56 Å². The van der Waals surface area contributed by atoms with E-state index in [-0.39, 0.29) is 23.6 Å². The van der Waals surface area contributed by atoms with Gasteiger partial charge in [-0.2, -0.15) is 0 Å². The van der Waals surface area contributed by atoms with Crippen LogP contribution in [-0.2, 0) is 14.3 Å². The number of hydrogen-bond donors (Lipinski definition) is 0. The van der Waals surface area contributed by atoms with Gasteiger partial charge in [0.2, 0.25) is 0 Å². The largest absolute Gasteiger partial charge is 0.466 e. The third-order valence-electron chi connectivity index (χ3n) is 3.00. The lowest BCUT2D eigenvalue weighted by molar-refractivity contribution is -0.148. The molecule has 0 amide bonds. The second kappa shape index (κ2) is 6.94. The summed E-state index contributed by atoms with van der Waals surface area (Å²) in [7, 11) is 0. The van der Waals surface area contributed by atoms with Gasteiger partial charge < -0.3 is 9.53 Å². The number of rotatable bonds is 6. The van der Waals surface area contributed by atoms with Crippen molar-refractivity contribution in [3.8, 4) is 0 Å². The van der Waals surface area contributed by atoms with Gasteiger partial charge in [-0.05, 0) is 19.4 Å². The normalized spacial score (nSPS) is 13.7. The summed E-state index contributed by atoms with van der Waals surface area (Å²) in [5, 5.41) is 0. The van der Waals surface area contributed by atoms with Crippen LogP contribution in [0.1, 0.15) is 38.7 Å². The van der Waals surface area contributed by atoms with Crippen molar-refractivity contribution in [3.63, 3.8) is 0 Å². The molecule has 0 aliphatic rings. The van der Waals surface area contributed by atoms with Crippen LogP contribution >= 0.6 is 0 Å². The fourth-order valence-corrected chi connectivity index (χ4v) is 2.03. The SMILES string of the molecule is CCOC(=O)[C@H](C)[C@H](CC(C)=O)c1ccccc1. The van der Waals surface area contributed by atoms with Crippen molar-refractivity contribution in [1.82, 2.24) is 0 Å². The molecule has 0 bridgehead atoms. The number of ketones is 1. The van der Waals surface area contributed by atoms with Crippen molar-refractivity contribution >= 4 is 11.8 Å². The molecule has 0 radical (unpaired) electrons. The van der Waals surface area contributed by atoms with Gasteiger partial charge in [0, 0.05) is 12.3 Å². The number of carbonyl (C=O) groups excluding carboxylic acids is 2. The van der Waals surface area contributed by atoms with Crippen molar-refractivity contribution in [1.29, 1.82) is 0 Å². The van der Waals surface area contributed by atoms with E-state index in [1.165, 1.54) is 0 Å². The van der Waals surface area contributed by atoms with Gasteiger partial charge in [-0.25, -0.2) is 0 Å². The maximum absolute atomic E-state index is 11.8. The molecule has 3 heteroatoms. The van der Waals surface area contributed by atoms with Gasteiger partial charge in [0.25, 0.3) is 0 Å². The Bertz CT molecular complexity index is 397. The minimum Gasteiger partial charge on any atom is -0.466 e. The summed E-state index contributed by atoms with van der Waals surface area (Å²) in [5.41, 5.74) is 1.01. The summed E-state index contributed by atoms with van der Waals surface area (Å²) >= 11 is 0. The Labute approximate surface area is 108 Å². The van der Waals surface area contributed by atoms with Gasteiger partial charge in [0.15, 0.2) is 0 Å². The molecule has 0 saturated carbocycles. The Morgan fingerprint density at radius 3 is 2.33 bits per heavy atom. The van der Waals surface area contributed by atoms with Gasteiger partial charge in [0.1, 0.15) is 5.78 Å². The van der Waals surface area contributed by atoms with Gasteiger partial charge in [0.05, 0.1) is 12.5 Å². The molecule has 3 nitrogen and oxygen atoms in total. The molecule has 1 aromatic rings. The van der Waals surface area contributed by atoms with E-state index in [2.05, 4.69) is 0 Å². The molecule has 2 atom stereocenters. The fourth-order valence-electron chi connectivity index (χ4n) is 2.03. The zero-order valence-corrected chi connectivity index (χ0v) is 11.2. The molecule has 1 aromatic carbocycles. The van der Waals surface area contributed by atoms with E-state index in [1.54, 1.807) is 13.8 Å². The number of benzene rings is 1. The number of carbonyl (C=O) groups is 2. The summed E-state index contributed by atoms with van der Waals surface area (Å²) in [6.45, 7) is 5.52. The lowest BCUT2D eigenvalue weighted by Crippen LogP contribution is -2.23. The molecule has 0 aliphatic carbocycles. The third-order valence-corrected chi connectivity index (χ3v) is 3.00. The van der Waals surface area contributed by atoms with Gasteiger partial charge in [-0.1, -0.05) is 37.3 Å². The van der Waals surface area contributed by atoms with Crippen molar-refractivity contribution in [2.75, 3.05) is 6.61 Å². The zero-order chi connectivity index (χ0) is 13.5. The summed E-state index contributed by atoms with van der Waals surface area (Å²) in [4.78, 5) is 23.2. The highest BCUT2D eigenvalue weighted by molar-refractivity contribution is 5.79. The highest BCUT2D eigenvalue weighted by Crippen LogP contribution is 2.29. The zero-order valence-electron chi connectivity index (χ0n) is 11.2. The Kier molecular flexibility index (Phi) is 5.56. The average molecular weight is 248 g/mol. The molecule has 0 unspecified atom stereocenters. The number of esters is 1. The van der Waals surface area contributed by atoms with Crippen LogP contribution in [0, 0.1) is 5.92 Å². The Balaban J connectivity index is 2.91. The number of hydrogen-bond acceptors (Lipinski definition) is 3. The minimum absolute atomic E-state index is 0.0833. The first-order valence-corrected chi connectivity index (χ1v) is 6.27. The second-order valence-electron chi connectivity index (χ2n) is 4.46. The summed E-state index contributed by atoms with van der Waals surface area (Å²) < 4.78 is 5.04. The average Bonchev–Trinajstić information content (AvgIpc) is 2.36. The molecule has 0 spiro atoms. The Morgan fingerprint density at radius 2 is 1.83 bits per heavy atom. The molecule has 0 saturated heterocycles. The summed E-state index contributed by atoms with van der Waals surface area (Å²) in [5.74, 6) is -0.577. The highest BCUT2D eigenvalue weighted by atomic mass is 16.5. The highest BCUT2D eigenvalue weighted by Gasteiger charge is 2.27. The monoisotopic (exact) mass is 248 g/mol. The topological polar surface area (TPSA) is 43.4 Å². The van der Waals surface area contributed by atoms with E-state index < -0.39 is 0 Å². The van der Waals surface area contributed by atoms with E-state index in [0.29, 0.717) is 13.0 Å². The van der Waals surface area contributed by atoms with Crippen LogP contribution in [0.3, 0.4) is 0 Å². The molecule has 0 heterocycles. The predicted molar refractivity (Wildman–Crippen MR) is 70.3 cm³/mol. The molecule has 0 fully saturated rings. The molecule has 0 aliphatic heterocycles. The smallest absolute Gasteiger partial charge is 0.309 e. The number of ether oxygens (including phenoxy) is 1. The van der Waals surface area contributed by atoms with E-state index in [1.807, 2.05) is 37.3 Å². The molecule has 0 aromatic heterocycles. The minimum atomic E-state index is -0.309. The Hall–Kier alpha value is -1.64. The predicted octanol–water partition coefficient (Wildman–Crippen LogP) is 2.95. The standard InChI is InChI=1S/C15H20O3/c1-4-18-15(17)12(3)14(10-11(2)16)13-8-6-5-7-9-13/h5-9,12,14H,4,10H2,1-3H3/t12-,14+/m1/s1. The van der Waals surface area contributed by atoms with Crippen molar-refractivity contribution in [3.05, 3.63) is 35.9 Å². The molecular formula is C15H20O3. The molecule has 98 valence electrons. The van der Waals surface area contributed by atoms with Crippen LogP contribution < -0.4 is 0 Å². The van der Waals surface area contributed by atoms with Gasteiger partial charge in [-0.3, -0.25) is 4.79 Å². The lowest BCUT2D eigenvalue weighted by Gasteiger charge is -2.22. The van der Waals surface area contributed by atoms with Crippen LogP contribution in [0.25, 0.3) is 0 Å². The van der Waals surface area contributed by atoms with Crippen molar-refractivity contribution in [2.45, 2.75) is 33.1 Å². The first-order chi connectivity index (χ1) is 8.56. The molecule has 1 rings (SSSR count). The van der Waals surface area contributed by atoms with Gasteiger partial charge in [-0.15, -0.1) is 0 Å². The summed E-state index contributed by atoms with van der Waals surface area (Å²) in [6, 6.07) is 9.65. The third kappa shape index (κ3) is 3.99. The molecule has 0 N–H and O–H groups in total.